The number of rotatable bonds is 8. The fourth-order valence-electron chi connectivity index (χ4n) is 2.38. The van der Waals surface area contributed by atoms with Crippen LogP contribution in [-0.4, -0.2) is 21.5 Å². The van der Waals surface area contributed by atoms with E-state index in [2.05, 4.69) is 10.0 Å². The summed E-state index contributed by atoms with van der Waals surface area (Å²) < 4.78 is 32.6. The molecule has 5 nitrogen and oxygen atoms in total. The highest BCUT2D eigenvalue weighted by Crippen LogP contribution is 2.29. The molecule has 1 aliphatic carbocycles. The third-order valence-electron chi connectivity index (χ3n) is 3.83. The molecule has 1 heterocycles. The Balaban J connectivity index is 1.94. The Morgan fingerprint density at radius 1 is 1.40 bits per heavy atom. The molecule has 6 heteroatoms. The minimum absolute atomic E-state index is 0.263. The minimum Gasteiger partial charge on any atom is -0.464 e. The number of hydrogen-bond acceptors (Lipinski definition) is 4. The molecule has 0 unspecified atom stereocenters. The quantitative estimate of drug-likeness (QED) is 0.772. The van der Waals surface area contributed by atoms with E-state index in [1.54, 1.807) is 13.0 Å². The van der Waals surface area contributed by atoms with Gasteiger partial charge in [-0.1, -0.05) is 26.2 Å². The molecular formula is C14H24N2O3S. The van der Waals surface area contributed by atoms with Crippen LogP contribution in [0.5, 0.6) is 0 Å². The summed E-state index contributed by atoms with van der Waals surface area (Å²) in [6.45, 7) is 5.57. The third-order valence-corrected chi connectivity index (χ3v) is 5.40. The Bertz CT molecular complexity index is 533. The molecule has 1 saturated carbocycles. The van der Waals surface area contributed by atoms with Crippen LogP contribution in [0.3, 0.4) is 0 Å². The standard InChI is InChI=1S/C14H24N2O3S/c1-3-15-10-13-9-14(11(2)19-13)20(17,18)16-8-7-12-5-4-6-12/h9,12,15-16H,3-8,10H2,1-2H3. The molecule has 0 aromatic carbocycles. The summed E-state index contributed by atoms with van der Waals surface area (Å²) in [6, 6.07) is 1.61. The van der Waals surface area contributed by atoms with E-state index in [9.17, 15) is 8.42 Å². The molecule has 0 radical (unpaired) electrons. The second kappa shape index (κ2) is 6.74. The van der Waals surface area contributed by atoms with Crippen molar-refractivity contribution in [2.75, 3.05) is 13.1 Å². The van der Waals surface area contributed by atoms with Crippen molar-refractivity contribution in [1.29, 1.82) is 0 Å². The zero-order valence-electron chi connectivity index (χ0n) is 12.2. The van der Waals surface area contributed by atoms with Crippen LogP contribution >= 0.6 is 0 Å². The van der Waals surface area contributed by atoms with Gasteiger partial charge in [0.05, 0.1) is 6.54 Å². The van der Waals surface area contributed by atoms with Crippen LogP contribution in [0.1, 0.15) is 44.1 Å². The van der Waals surface area contributed by atoms with E-state index in [0.717, 1.165) is 13.0 Å². The van der Waals surface area contributed by atoms with Crippen LogP contribution in [0.4, 0.5) is 0 Å². The number of aryl methyl sites for hydroxylation is 1. The van der Waals surface area contributed by atoms with E-state index in [4.69, 9.17) is 4.42 Å². The van der Waals surface area contributed by atoms with Gasteiger partial charge in [-0.2, -0.15) is 0 Å². The highest BCUT2D eigenvalue weighted by molar-refractivity contribution is 7.89. The van der Waals surface area contributed by atoms with Gasteiger partial charge in [-0.15, -0.1) is 0 Å². The first kappa shape index (κ1) is 15.5. The van der Waals surface area contributed by atoms with Crippen molar-refractivity contribution in [2.24, 2.45) is 5.92 Å². The molecule has 0 saturated heterocycles. The lowest BCUT2D eigenvalue weighted by Crippen LogP contribution is -2.27. The lowest BCUT2D eigenvalue weighted by molar-refractivity contribution is 0.297. The topological polar surface area (TPSA) is 71.3 Å². The summed E-state index contributed by atoms with van der Waals surface area (Å²) in [5.41, 5.74) is 0. The molecule has 0 atom stereocenters. The summed E-state index contributed by atoms with van der Waals surface area (Å²) >= 11 is 0. The Morgan fingerprint density at radius 2 is 2.15 bits per heavy atom. The fraction of sp³-hybridized carbons (Fsp3) is 0.714. The number of hydrogen-bond donors (Lipinski definition) is 2. The second-order valence-corrected chi connectivity index (χ2v) is 7.13. The first-order valence-corrected chi connectivity index (χ1v) is 8.81. The van der Waals surface area contributed by atoms with Crippen molar-refractivity contribution in [1.82, 2.24) is 10.0 Å². The molecule has 114 valence electrons. The Hall–Kier alpha value is -0.850. The van der Waals surface area contributed by atoms with Crippen molar-refractivity contribution in [2.45, 2.75) is 51.0 Å². The van der Waals surface area contributed by atoms with Gasteiger partial charge in [-0.05, 0) is 25.8 Å². The van der Waals surface area contributed by atoms with Gasteiger partial charge >= 0.3 is 0 Å². The smallest absolute Gasteiger partial charge is 0.244 e. The summed E-state index contributed by atoms with van der Waals surface area (Å²) in [7, 11) is -3.45. The SMILES string of the molecule is CCNCc1cc(S(=O)(=O)NCCC2CCC2)c(C)o1. The van der Waals surface area contributed by atoms with E-state index in [0.29, 0.717) is 30.5 Å². The molecule has 2 N–H and O–H groups in total. The maximum atomic E-state index is 12.2. The highest BCUT2D eigenvalue weighted by atomic mass is 32.2. The molecular weight excluding hydrogens is 276 g/mol. The minimum atomic E-state index is -3.45. The molecule has 0 bridgehead atoms. The van der Waals surface area contributed by atoms with Gasteiger partial charge < -0.3 is 9.73 Å². The number of sulfonamides is 1. The summed E-state index contributed by atoms with van der Waals surface area (Å²) in [4.78, 5) is 0.263. The first-order valence-electron chi connectivity index (χ1n) is 7.32. The summed E-state index contributed by atoms with van der Waals surface area (Å²) in [5, 5.41) is 3.12. The van der Waals surface area contributed by atoms with Gasteiger partial charge in [0.2, 0.25) is 10.0 Å². The first-order chi connectivity index (χ1) is 9.53. The zero-order chi connectivity index (χ0) is 14.6. The Labute approximate surface area is 121 Å². The van der Waals surface area contributed by atoms with Gasteiger partial charge in [0.25, 0.3) is 0 Å². The lowest BCUT2D eigenvalue weighted by atomic mass is 9.83. The molecule has 1 aromatic heterocycles. The zero-order valence-corrected chi connectivity index (χ0v) is 13.1. The number of furan rings is 1. The molecule has 1 aromatic rings. The van der Waals surface area contributed by atoms with E-state index < -0.39 is 10.0 Å². The van der Waals surface area contributed by atoms with Crippen LogP contribution in [0.15, 0.2) is 15.4 Å². The normalized spacial score (nSPS) is 16.3. The number of nitrogens with one attached hydrogen (secondary N) is 2. The largest absolute Gasteiger partial charge is 0.464 e. The van der Waals surface area contributed by atoms with E-state index >= 15 is 0 Å². The lowest BCUT2D eigenvalue weighted by Gasteiger charge is -2.25. The fourth-order valence-corrected chi connectivity index (χ4v) is 3.63. The molecule has 20 heavy (non-hydrogen) atoms. The maximum Gasteiger partial charge on any atom is 0.244 e. The predicted molar refractivity (Wildman–Crippen MR) is 78.0 cm³/mol. The molecule has 1 aliphatic rings. The molecule has 0 aliphatic heterocycles. The van der Waals surface area contributed by atoms with Gasteiger partial charge in [0.1, 0.15) is 16.4 Å². The van der Waals surface area contributed by atoms with Gasteiger partial charge in [-0.25, -0.2) is 13.1 Å². The third kappa shape index (κ3) is 3.84. The van der Waals surface area contributed by atoms with Crippen molar-refractivity contribution in [3.05, 3.63) is 17.6 Å². The summed E-state index contributed by atoms with van der Waals surface area (Å²) in [6.07, 6.45) is 4.69. The van der Waals surface area contributed by atoms with Crippen LogP contribution in [0.2, 0.25) is 0 Å². The predicted octanol–water partition coefficient (Wildman–Crippen LogP) is 2.17. The average molecular weight is 300 g/mol. The molecule has 0 amide bonds. The van der Waals surface area contributed by atoms with Crippen molar-refractivity contribution in [3.8, 4) is 0 Å². The van der Waals surface area contributed by atoms with Crippen molar-refractivity contribution < 1.29 is 12.8 Å². The van der Waals surface area contributed by atoms with Gasteiger partial charge in [0, 0.05) is 12.6 Å². The Morgan fingerprint density at radius 3 is 2.75 bits per heavy atom. The van der Waals surface area contributed by atoms with E-state index in [1.807, 2.05) is 6.92 Å². The van der Waals surface area contributed by atoms with E-state index in [1.165, 1.54) is 19.3 Å². The van der Waals surface area contributed by atoms with Crippen LogP contribution in [-0.2, 0) is 16.6 Å². The van der Waals surface area contributed by atoms with Gasteiger partial charge in [0.15, 0.2) is 0 Å². The van der Waals surface area contributed by atoms with Gasteiger partial charge in [-0.3, -0.25) is 0 Å². The molecule has 0 spiro atoms. The Kier molecular flexibility index (Phi) is 5.23. The van der Waals surface area contributed by atoms with Crippen LogP contribution in [0, 0.1) is 12.8 Å². The maximum absolute atomic E-state index is 12.2. The van der Waals surface area contributed by atoms with Crippen molar-refractivity contribution in [3.63, 3.8) is 0 Å². The monoisotopic (exact) mass is 300 g/mol. The molecule has 1 fully saturated rings. The summed E-state index contributed by atoms with van der Waals surface area (Å²) in [5.74, 6) is 1.81. The van der Waals surface area contributed by atoms with Crippen LogP contribution < -0.4 is 10.0 Å². The molecule has 2 rings (SSSR count). The average Bonchev–Trinajstić information content (AvgIpc) is 2.72. The highest BCUT2D eigenvalue weighted by Gasteiger charge is 2.22. The van der Waals surface area contributed by atoms with E-state index in [-0.39, 0.29) is 4.90 Å². The van der Waals surface area contributed by atoms with Crippen LogP contribution in [0.25, 0.3) is 0 Å². The second-order valence-electron chi connectivity index (χ2n) is 5.40. The van der Waals surface area contributed by atoms with Crippen molar-refractivity contribution >= 4 is 10.0 Å².